The van der Waals surface area contributed by atoms with E-state index in [4.69, 9.17) is 10.9 Å². The Morgan fingerprint density at radius 1 is 1.12 bits per heavy atom. The van der Waals surface area contributed by atoms with Gasteiger partial charge in [0.2, 0.25) is 5.67 Å². The highest BCUT2D eigenvalue weighted by Gasteiger charge is 2.42. The van der Waals surface area contributed by atoms with Crippen molar-refractivity contribution in [1.82, 2.24) is 10.4 Å². The van der Waals surface area contributed by atoms with Crippen LogP contribution in [0.4, 0.5) is 14.6 Å². The lowest BCUT2D eigenvalue weighted by atomic mass is 9.93. The summed E-state index contributed by atoms with van der Waals surface area (Å²) >= 11 is 0. The van der Waals surface area contributed by atoms with Gasteiger partial charge in [0.15, 0.2) is 0 Å². The second-order valence-corrected chi connectivity index (χ2v) is 8.15. The van der Waals surface area contributed by atoms with Gasteiger partial charge in [-0.15, -0.1) is 0 Å². The highest BCUT2D eigenvalue weighted by atomic mass is 19.1. The van der Waals surface area contributed by atoms with Gasteiger partial charge in [-0.2, -0.15) is 0 Å². The molecular weight excluding hydrogens is 440 g/mol. The maximum Gasteiger partial charge on any atom is 0.341 e. The lowest BCUT2D eigenvalue weighted by Crippen LogP contribution is -2.46. The molecule has 1 fully saturated rings. The number of nitrogens with zero attached hydrogens (tertiary/aromatic N) is 3. The average Bonchev–Trinajstić information content (AvgIpc) is 2.86. The van der Waals surface area contributed by atoms with Crippen LogP contribution in [0.5, 0.6) is 0 Å². The fourth-order valence-electron chi connectivity index (χ4n) is 3.90. The van der Waals surface area contributed by atoms with Crippen LogP contribution in [0.2, 0.25) is 0 Å². The van der Waals surface area contributed by atoms with Crippen molar-refractivity contribution < 1.29 is 18.7 Å². The molecule has 9 heteroatoms. The van der Waals surface area contributed by atoms with Crippen LogP contribution in [-0.4, -0.2) is 40.7 Å². The number of aliphatic carboxylic acids is 1. The monoisotopic (exact) mass is 465 g/mol. The van der Waals surface area contributed by atoms with Crippen LogP contribution in [0.1, 0.15) is 24.0 Å². The van der Waals surface area contributed by atoms with Crippen LogP contribution in [0, 0.1) is 5.82 Å². The lowest BCUT2D eigenvalue weighted by Gasteiger charge is -2.34. The number of nitrogens with one attached hydrogen (secondary N) is 1. The minimum atomic E-state index is -2.18. The van der Waals surface area contributed by atoms with Crippen LogP contribution in [-0.2, 0) is 11.3 Å². The summed E-state index contributed by atoms with van der Waals surface area (Å²) < 4.78 is 29.2. The molecule has 1 saturated heterocycles. The number of hydrogen-bond donors (Lipinski definition) is 3. The number of hydrazine groups is 1. The molecule has 2 heterocycles. The highest BCUT2D eigenvalue weighted by Crippen LogP contribution is 2.30. The number of aromatic nitrogens is 1. The Kier molecular flexibility index (Phi) is 6.83. The first-order valence-corrected chi connectivity index (χ1v) is 10.9. The number of benzene rings is 2. The fourth-order valence-corrected chi connectivity index (χ4v) is 3.90. The SMILES string of the molecule is NNC(=NCc1ccccc1)c1ccc(-c2ccc(N3CCC(F)(C(=O)O)CC3)nc2)cc1F. The molecule has 3 aromatic rings. The predicted octanol–water partition coefficient (Wildman–Crippen LogP) is 3.69. The van der Waals surface area contributed by atoms with E-state index in [9.17, 15) is 13.6 Å². The van der Waals surface area contributed by atoms with Crippen molar-refractivity contribution in [2.45, 2.75) is 25.1 Å². The number of carboxylic acid groups (broad SMARTS) is 1. The topological polar surface area (TPSA) is 104 Å². The number of piperidine rings is 1. The second kappa shape index (κ2) is 9.96. The number of carbonyl (C=O) groups is 1. The molecule has 0 bridgehead atoms. The summed E-state index contributed by atoms with van der Waals surface area (Å²) in [6.07, 6.45) is 1.42. The number of anilines is 1. The molecule has 4 rings (SSSR count). The van der Waals surface area contributed by atoms with E-state index in [0.29, 0.717) is 23.5 Å². The lowest BCUT2D eigenvalue weighted by molar-refractivity contribution is -0.152. The third-order valence-corrected chi connectivity index (χ3v) is 5.97. The number of hydrogen-bond acceptors (Lipinski definition) is 5. The summed E-state index contributed by atoms with van der Waals surface area (Å²) in [6.45, 7) is 0.880. The molecule has 0 atom stereocenters. The van der Waals surface area contributed by atoms with E-state index in [1.54, 1.807) is 30.5 Å². The van der Waals surface area contributed by atoms with Gasteiger partial charge in [-0.1, -0.05) is 36.4 Å². The van der Waals surface area contributed by atoms with Crippen molar-refractivity contribution in [3.05, 3.63) is 83.8 Å². The van der Waals surface area contributed by atoms with Gasteiger partial charge in [-0.05, 0) is 35.4 Å². The van der Waals surface area contributed by atoms with E-state index >= 15 is 0 Å². The van der Waals surface area contributed by atoms with Crippen LogP contribution < -0.4 is 16.2 Å². The maximum atomic E-state index is 14.9. The van der Waals surface area contributed by atoms with Crippen molar-refractivity contribution >= 4 is 17.6 Å². The zero-order valence-electron chi connectivity index (χ0n) is 18.4. The fraction of sp³-hybridized carbons (Fsp3) is 0.240. The first-order valence-electron chi connectivity index (χ1n) is 10.9. The summed E-state index contributed by atoms with van der Waals surface area (Å²) in [5.41, 5.74) is 2.87. The predicted molar refractivity (Wildman–Crippen MR) is 127 cm³/mol. The number of rotatable bonds is 6. The number of amidine groups is 1. The van der Waals surface area contributed by atoms with Crippen LogP contribution in [0.15, 0.2) is 71.9 Å². The normalized spacial score (nSPS) is 15.7. The van der Waals surface area contributed by atoms with Gasteiger partial charge in [-0.3, -0.25) is 4.99 Å². The summed E-state index contributed by atoms with van der Waals surface area (Å²) in [5.74, 6) is 4.56. The molecule has 0 amide bonds. The van der Waals surface area contributed by atoms with E-state index in [1.807, 2.05) is 35.2 Å². The van der Waals surface area contributed by atoms with E-state index < -0.39 is 17.5 Å². The number of pyridine rings is 1. The number of alkyl halides is 1. The molecule has 0 aliphatic carbocycles. The van der Waals surface area contributed by atoms with Crippen molar-refractivity contribution in [2.24, 2.45) is 10.8 Å². The minimum absolute atomic E-state index is 0.0955. The number of halogens is 2. The quantitative estimate of drug-likeness (QED) is 0.222. The zero-order chi connectivity index (χ0) is 24.1. The van der Waals surface area contributed by atoms with E-state index in [-0.39, 0.29) is 37.3 Å². The Hall–Kier alpha value is -3.85. The summed E-state index contributed by atoms with van der Waals surface area (Å²) in [5, 5.41) is 9.03. The molecule has 0 radical (unpaired) electrons. The smallest absolute Gasteiger partial charge is 0.341 e. The molecule has 1 aliphatic heterocycles. The number of aliphatic imine (C=N–C) groups is 1. The molecule has 7 nitrogen and oxygen atoms in total. The number of nitrogens with two attached hydrogens (primary N) is 1. The minimum Gasteiger partial charge on any atom is -0.479 e. The maximum absolute atomic E-state index is 14.9. The van der Waals surface area contributed by atoms with E-state index in [0.717, 1.165) is 5.56 Å². The molecule has 0 unspecified atom stereocenters. The van der Waals surface area contributed by atoms with Gasteiger partial charge in [0.1, 0.15) is 17.5 Å². The van der Waals surface area contributed by atoms with Gasteiger partial charge >= 0.3 is 5.97 Å². The molecule has 176 valence electrons. The van der Waals surface area contributed by atoms with E-state index in [1.165, 1.54) is 6.07 Å². The molecule has 1 aliphatic rings. The van der Waals surface area contributed by atoms with Crippen LogP contribution in [0.3, 0.4) is 0 Å². The average molecular weight is 466 g/mol. The van der Waals surface area contributed by atoms with Crippen LogP contribution >= 0.6 is 0 Å². The standard InChI is InChI=1S/C25H25F2N5O2/c26-21-14-18(6-8-20(21)23(31-28)30-15-17-4-2-1-3-5-17)19-7-9-22(29-16-19)32-12-10-25(27,11-13-32)24(33)34/h1-9,14,16H,10-13,15,28H2,(H,30,31)(H,33,34). The first kappa shape index (κ1) is 23.3. The van der Waals surface area contributed by atoms with Crippen molar-refractivity contribution in [1.29, 1.82) is 0 Å². The third-order valence-electron chi connectivity index (χ3n) is 5.97. The van der Waals surface area contributed by atoms with Gasteiger partial charge in [0.25, 0.3) is 0 Å². The highest BCUT2D eigenvalue weighted by molar-refractivity contribution is 5.99. The van der Waals surface area contributed by atoms with Gasteiger partial charge in [0.05, 0.1) is 12.1 Å². The second-order valence-electron chi connectivity index (χ2n) is 8.15. The van der Waals surface area contributed by atoms with Gasteiger partial charge in [-0.25, -0.2) is 24.4 Å². The molecular formula is C25H25F2N5O2. The van der Waals surface area contributed by atoms with Crippen molar-refractivity contribution in [3.8, 4) is 11.1 Å². The first-order chi connectivity index (χ1) is 16.4. The Morgan fingerprint density at radius 3 is 2.41 bits per heavy atom. The molecule has 34 heavy (non-hydrogen) atoms. The van der Waals surface area contributed by atoms with Crippen molar-refractivity contribution in [2.75, 3.05) is 18.0 Å². The number of carboxylic acids is 1. The van der Waals surface area contributed by atoms with Crippen molar-refractivity contribution in [3.63, 3.8) is 0 Å². The Morgan fingerprint density at radius 2 is 1.82 bits per heavy atom. The van der Waals surface area contributed by atoms with Gasteiger partial charge in [0, 0.05) is 37.7 Å². The van der Waals surface area contributed by atoms with Crippen LogP contribution in [0.25, 0.3) is 11.1 Å². The van der Waals surface area contributed by atoms with Gasteiger partial charge < -0.3 is 15.4 Å². The zero-order valence-corrected chi connectivity index (χ0v) is 18.4. The third kappa shape index (κ3) is 5.04. The molecule has 4 N–H and O–H groups in total. The summed E-state index contributed by atoms with van der Waals surface area (Å²) in [4.78, 5) is 21.7. The molecule has 0 saturated carbocycles. The molecule has 2 aromatic carbocycles. The molecule has 1 aromatic heterocycles. The van der Waals surface area contributed by atoms with E-state index in [2.05, 4.69) is 15.4 Å². The Bertz CT molecular complexity index is 1180. The summed E-state index contributed by atoms with van der Waals surface area (Å²) in [7, 11) is 0. The Balaban J connectivity index is 1.47. The molecule has 0 spiro atoms. The summed E-state index contributed by atoms with van der Waals surface area (Å²) in [6, 6.07) is 17.9. The Labute approximate surface area is 195 Å². The largest absolute Gasteiger partial charge is 0.479 e.